The van der Waals surface area contributed by atoms with E-state index in [1.165, 1.54) is 0 Å². The summed E-state index contributed by atoms with van der Waals surface area (Å²) in [5.41, 5.74) is 0. The van der Waals surface area contributed by atoms with Crippen LogP contribution in [-0.2, 0) is 4.79 Å². The molecule has 0 aromatic heterocycles. The Morgan fingerprint density at radius 1 is 1.42 bits per heavy atom. The van der Waals surface area contributed by atoms with Crippen LogP contribution in [0.25, 0.3) is 0 Å². The van der Waals surface area contributed by atoms with Crippen LogP contribution in [0, 0.1) is 0 Å². The first-order chi connectivity index (χ1) is 9.24. The Balaban J connectivity index is 1.98. The summed E-state index contributed by atoms with van der Waals surface area (Å²) in [5.74, 6) is 1.42. The molecule has 2 rings (SSSR count). The number of alkyl halides is 1. The highest BCUT2D eigenvalue weighted by molar-refractivity contribution is 6.27. The number of fused-ring (bicyclic) bond motifs is 1. The van der Waals surface area contributed by atoms with E-state index in [2.05, 4.69) is 0 Å². The van der Waals surface area contributed by atoms with Crippen molar-refractivity contribution in [1.82, 2.24) is 4.90 Å². The summed E-state index contributed by atoms with van der Waals surface area (Å²) in [5, 5.41) is 0. The minimum Gasteiger partial charge on any atom is -0.486 e. The van der Waals surface area contributed by atoms with E-state index in [0.717, 1.165) is 17.9 Å². The van der Waals surface area contributed by atoms with Gasteiger partial charge in [-0.05, 0) is 18.6 Å². The summed E-state index contributed by atoms with van der Waals surface area (Å²) in [4.78, 5) is 13.4. The third-order valence-corrected chi connectivity index (χ3v) is 3.18. The second-order valence-corrected chi connectivity index (χ2v) is 4.74. The van der Waals surface area contributed by atoms with Crippen molar-refractivity contribution < 1.29 is 14.3 Å². The van der Waals surface area contributed by atoms with E-state index in [-0.39, 0.29) is 17.9 Å². The van der Waals surface area contributed by atoms with Gasteiger partial charge in [0.2, 0.25) is 5.91 Å². The van der Waals surface area contributed by atoms with Gasteiger partial charge >= 0.3 is 0 Å². The minimum atomic E-state index is -0.145. The molecule has 19 heavy (non-hydrogen) atoms. The molecule has 5 heteroatoms. The standard InChI is InChI=1S/C14H18ClNO3/c1-2-7-16(14(17)8-15)9-11-10-18-12-5-3-4-6-13(12)19-11/h3-6,11H,2,7-10H2,1H3/t11-/m0/s1. The summed E-state index contributed by atoms with van der Waals surface area (Å²) in [6.07, 6.45) is 0.751. The molecular weight excluding hydrogens is 266 g/mol. The lowest BCUT2D eigenvalue weighted by Gasteiger charge is -2.31. The number of nitrogens with zero attached hydrogens (tertiary/aromatic N) is 1. The van der Waals surface area contributed by atoms with Gasteiger partial charge in [0.25, 0.3) is 0 Å². The van der Waals surface area contributed by atoms with Crippen molar-refractivity contribution in [2.75, 3.05) is 25.6 Å². The van der Waals surface area contributed by atoms with E-state index < -0.39 is 0 Å². The smallest absolute Gasteiger partial charge is 0.237 e. The van der Waals surface area contributed by atoms with E-state index in [9.17, 15) is 4.79 Å². The second kappa shape index (κ2) is 6.66. The molecule has 104 valence electrons. The zero-order valence-corrected chi connectivity index (χ0v) is 11.7. The summed E-state index contributed by atoms with van der Waals surface area (Å²) in [6, 6.07) is 7.55. The maximum absolute atomic E-state index is 11.7. The number of hydrogen-bond donors (Lipinski definition) is 0. The summed E-state index contributed by atoms with van der Waals surface area (Å²) >= 11 is 5.62. The van der Waals surface area contributed by atoms with Crippen LogP contribution in [0.3, 0.4) is 0 Å². The Morgan fingerprint density at radius 3 is 2.84 bits per heavy atom. The van der Waals surface area contributed by atoms with Crippen molar-refractivity contribution in [1.29, 1.82) is 0 Å². The van der Waals surface area contributed by atoms with Crippen LogP contribution in [0.2, 0.25) is 0 Å². The lowest BCUT2D eigenvalue weighted by Crippen LogP contribution is -2.44. The Kier molecular flexibility index (Phi) is 4.91. The second-order valence-electron chi connectivity index (χ2n) is 4.47. The molecule has 1 heterocycles. The van der Waals surface area contributed by atoms with Gasteiger partial charge in [0.15, 0.2) is 17.6 Å². The van der Waals surface area contributed by atoms with Crippen molar-refractivity contribution in [3.05, 3.63) is 24.3 Å². The van der Waals surface area contributed by atoms with Crippen LogP contribution in [0.4, 0.5) is 0 Å². The first-order valence-corrected chi connectivity index (χ1v) is 7.00. The molecule has 0 aliphatic carbocycles. The zero-order valence-electron chi connectivity index (χ0n) is 11.0. The largest absolute Gasteiger partial charge is 0.486 e. The molecular formula is C14H18ClNO3. The lowest BCUT2D eigenvalue weighted by atomic mass is 10.2. The summed E-state index contributed by atoms with van der Waals surface area (Å²) < 4.78 is 11.5. The summed E-state index contributed by atoms with van der Waals surface area (Å²) in [6.45, 7) is 3.68. The average Bonchev–Trinajstić information content (AvgIpc) is 2.46. The van der Waals surface area contributed by atoms with Gasteiger partial charge in [0.05, 0.1) is 6.54 Å². The normalized spacial score (nSPS) is 17.1. The Hall–Kier alpha value is -1.42. The highest BCUT2D eigenvalue weighted by atomic mass is 35.5. The number of carbonyl (C=O) groups excluding carboxylic acids is 1. The number of hydrogen-bond acceptors (Lipinski definition) is 3. The predicted molar refractivity (Wildman–Crippen MR) is 73.9 cm³/mol. The fraction of sp³-hybridized carbons (Fsp3) is 0.500. The monoisotopic (exact) mass is 283 g/mol. The highest BCUT2D eigenvalue weighted by Crippen LogP contribution is 2.31. The van der Waals surface area contributed by atoms with Gasteiger partial charge < -0.3 is 14.4 Å². The predicted octanol–water partition coefficient (Wildman–Crippen LogP) is 2.30. The quantitative estimate of drug-likeness (QED) is 0.779. The lowest BCUT2D eigenvalue weighted by molar-refractivity contribution is -0.130. The van der Waals surface area contributed by atoms with Gasteiger partial charge in [-0.2, -0.15) is 0 Å². The van der Waals surface area contributed by atoms with Gasteiger partial charge in [-0.3, -0.25) is 4.79 Å². The molecule has 0 saturated heterocycles. The molecule has 0 radical (unpaired) electrons. The van der Waals surface area contributed by atoms with Gasteiger partial charge in [-0.25, -0.2) is 0 Å². The SMILES string of the molecule is CCCN(C[C@H]1COc2ccccc2O1)C(=O)CCl. The van der Waals surface area contributed by atoms with Crippen LogP contribution in [-0.4, -0.2) is 42.5 Å². The number of halogens is 1. The van der Waals surface area contributed by atoms with Crippen LogP contribution < -0.4 is 9.47 Å². The molecule has 4 nitrogen and oxygen atoms in total. The molecule has 1 aromatic carbocycles. The first-order valence-electron chi connectivity index (χ1n) is 6.46. The van der Waals surface area contributed by atoms with E-state index in [1.54, 1.807) is 4.90 Å². The molecule has 0 bridgehead atoms. The first kappa shape index (κ1) is 14.0. The van der Waals surface area contributed by atoms with Crippen molar-refractivity contribution in [2.24, 2.45) is 0 Å². The maximum atomic E-state index is 11.7. The number of para-hydroxylation sites is 2. The molecule has 0 fully saturated rings. The molecule has 1 aliphatic rings. The Morgan fingerprint density at radius 2 is 2.16 bits per heavy atom. The van der Waals surface area contributed by atoms with Crippen molar-refractivity contribution in [2.45, 2.75) is 19.4 Å². The van der Waals surface area contributed by atoms with Crippen molar-refractivity contribution in [3.63, 3.8) is 0 Å². The maximum Gasteiger partial charge on any atom is 0.237 e. The number of benzene rings is 1. The number of amides is 1. The van der Waals surface area contributed by atoms with Gasteiger partial charge in [0, 0.05) is 6.54 Å². The molecule has 0 spiro atoms. The molecule has 1 aromatic rings. The Bertz CT molecular complexity index is 438. The van der Waals surface area contributed by atoms with Crippen LogP contribution in [0.1, 0.15) is 13.3 Å². The van der Waals surface area contributed by atoms with Gasteiger partial charge in [0.1, 0.15) is 12.5 Å². The topological polar surface area (TPSA) is 38.8 Å². The van der Waals surface area contributed by atoms with Gasteiger partial charge in [-0.1, -0.05) is 19.1 Å². The molecule has 0 N–H and O–H groups in total. The fourth-order valence-corrected chi connectivity index (χ4v) is 2.24. The van der Waals surface area contributed by atoms with Crippen LogP contribution in [0.5, 0.6) is 11.5 Å². The van der Waals surface area contributed by atoms with E-state index in [1.807, 2.05) is 31.2 Å². The van der Waals surface area contributed by atoms with Crippen LogP contribution >= 0.6 is 11.6 Å². The number of rotatable bonds is 5. The zero-order chi connectivity index (χ0) is 13.7. The van der Waals surface area contributed by atoms with E-state index in [0.29, 0.717) is 19.7 Å². The highest BCUT2D eigenvalue weighted by Gasteiger charge is 2.24. The third kappa shape index (κ3) is 3.53. The molecule has 1 atom stereocenters. The summed E-state index contributed by atoms with van der Waals surface area (Å²) in [7, 11) is 0. The van der Waals surface area contributed by atoms with Crippen molar-refractivity contribution in [3.8, 4) is 11.5 Å². The minimum absolute atomic E-state index is 0.00413. The average molecular weight is 284 g/mol. The number of ether oxygens (including phenoxy) is 2. The Labute approximate surface area is 118 Å². The number of carbonyl (C=O) groups is 1. The van der Waals surface area contributed by atoms with E-state index in [4.69, 9.17) is 21.1 Å². The molecule has 0 unspecified atom stereocenters. The third-order valence-electron chi connectivity index (χ3n) is 2.95. The van der Waals surface area contributed by atoms with Crippen molar-refractivity contribution >= 4 is 17.5 Å². The molecule has 1 amide bonds. The van der Waals surface area contributed by atoms with Crippen LogP contribution in [0.15, 0.2) is 24.3 Å². The molecule has 0 saturated carbocycles. The van der Waals surface area contributed by atoms with Gasteiger partial charge in [-0.15, -0.1) is 11.6 Å². The molecule has 1 aliphatic heterocycles. The fourth-order valence-electron chi connectivity index (χ4n) is 2.07. The van der Waals surface area contributed by atoms with E-state index >= 15 is 0 Å².